The number of hydrogen-bond donors (Lipinski definition) is 1. The highest BCUT2D eigenvalue weighted by molar-refractivity contribution is 7.92. The molecule has 3 rings (SSSR count). The van der Waals surface area contributed by atoms with Crippen LogP contribution in [0.5, 0.6) is 17.2 Å². The number of sulfonamides is 1. The lowest BCUT2D eigenvalue weighted by Gasteiger charge is -2.24. The Morgan fingerprint density at radius 3 is 2.29 bits per heavy atom. The standard InChI is InChI=1S/C26H30N2O6S/c1-32-22-11-7-10-21(18-22)28(35(30,31)23-12-5-4-6-13-23)19-26(29)27-16-8-9-20-14-15-24(33-2)25(17-20)34-3/h4-7,10-15,17-18H,8-9,16,19H2,1-3H3,(H,27,29). The Morgan fingerprint density at radius 1 is 0.857 bits per heavy atom. The molecule has 0 fully saturated rings. The number of anilines is 1. The Hall–Kier alpha value is -3.72. The number of benzene rings is 3. The molecule has 1 N–H and O–H groups in total. The second-order valence-electron chi connectivity index (χ2n) is 7.67. The monoisotopic (exact) mass is 498 g/mol. The molecule has 0 spiro atoms. The van der Waals surface area contributed by atoms with Gasteiger partial charge in [-0.2, -0.15) is 0 Å². The van der Waals surface area contributed by atoms with Crippen LogP contribution < -0.4 is 23.8 Å². The van der Waals surface area contributed by atoms with E-state index in [1.54, 1.807) is 56.7 Å². The molecular weight excluding hydrogens is 468 g/mol. The van der Waals surface area contributed by atoms with Crippen molar-refractivity contribution in [3.8, 4) is 17.2 Å². The third-order valence-electron chi connectivity index (χ3n) is 5.37. The Labute approximate surface area is 206 Å². The van der Waals surface area contributed by atoms with Crippen LogP contribution >= 0.6 is 0 Å². The van der Waals surface area contributed by atoms with Gasteiger partial charge in [0.1, 0.15) is 12.3 Å². The number of carbonyl (C=O) groups is 1. The molecule has 0 aliphatic heterocycles. The summed E-state index contributed by atoms with van der Waals surface area (Å²) in [6.45, 7) is 0.0330. The van der Waals surface area contributed by atoms with E-state index in [-0.39, 0.29) is 11.4 Å². The first-order valence-electron chi connectivity index (χ1n) is 11.1. The minimum atomic E-state index is -3.97. The minimum Gasteiger partial charge on any atom is -0.497 e. The zero-order chi connectivity index (χ0) is 25.3. The van der Waals surface area contributed by atoms with Crippen molar-refractivity contribution in [1.29, 1.82) is 0 Å². The molecule has 1 amide bonds. The van der Waals surface area contributed by atoms with E-state index in [1.807, 2.05) is 18.2 Å². The Bertz CT molecular complexity index is 1230. The van der Waals surface area contributed by atoms with Gasteiger partial charge in [-0.25, -0.2) is 8.42 Å². The molecule has 9 heteroatoms. The summed E-state index contributed by atoms with van der Waals surface area (Å²) in [5.41, 5.74) is 1.38. The highest BCUT2D eigenvalue weighted by Crippen LogP contribution is 2.28. The summed E-state index contributed by atoms with van der Waals surface area (Å²) in [7, 11) is 0.695. The van der Waals surface area contributed by atoms with Crippen molar-refractivity contribution in [2.45, 2.75) is 17.7 Å². The number of aryl methyl sites for hydroxylation is 1. The lowest BCUT2D eigenvalue weighted by atomic mass is 10.1. The summed E-state index contributed by atoms with van der Waals surface area (Å²) in [4.78, 5) is 12.9. The van der Waals surface area contributed by atoms with Crippen LogP contribution in [0.4, 0.5) is 5.69 Å². The van der Waals surface area contributed by atoms with Gasteiger partial charge in [-0.15, -0.1) is 0 Å². The topological polar surface area (TPSA) is 94.2 Å². The summed E-state index contributed by atoms with van der Waals surface area (Å²) in [6, 6.07) is 20.3. The highest BCUT2D eigenvalue weighted by Gasteiger charge is 2.27. The first-order chi connectivity index (χ1) is 16.9. The lowest BCUT2D eigenvalue weighted by Crippen LogP contribution is -2.41. The van der Waals surface area contributed by atoms with Crippen molar-refractivity contribution in [3.05, 3.63) is 78.4 Å². The molecule has 0 radical (unpaired) electrons. The van der Waals surface area contributed by atoms with E-state index in [4.69, 9.17) is 14.2 Å². The van der Waals surface area contributed by atoms with Crippen LogP contribution in [-0.4, -0.2) is 48.7 Å². The molecule has 0 unspecified atom stereocenters. The summed E-state index contributed by atoms with van der Waals surface area (Å²) in [5.74, 6) is 1.39. The Kier molecular flexibility index (Phi) is 8.97. The molecule has 8 nitrogen and oxygen atoms in total. The first kappa shape index (κ1) is 25.9. The maximum absolute atomic E-state index is 13.4. The van der Waals surface area contributed by atoms with Gasteiger partial charge in [-0.05, 0) is 54.8 Å². The molecule has 0 heterocycles. The van der Waals surface area contributed by atoms with Crippen LogP contribution in [-0.2, 0) is 21.2 Å². The van der Waals surface area contributed by atoms with Gasteiger partial charge in [0.15, 0.2) is 11.5 Å². The predicted molar refractivity (Wildman–Crippen MR) is 135 cm³/mol. The lowest BCUT2D eigenvalue weighted by molar-refractivity contribution is -0.119. The van der Waals surface area contributed by atoms with Crippen molar-refractivity contribution >= 4 is 21.6 Å². The second-order valence-corrected chi connectivity index (χ2v) is 9.53. The maximum atomic E-state index is 13.4. The van der Waals surface area contributed by atoms with Crippen LogP contribution in [0.3, 0.4) is 0 Å². The molecule has 3 aromatic rings. The molecule has 0 bridgehead atoms. The van der Waals surface area contributed by atoms with Gasteiger partial charge in [-0.3, -0.25) is 9.10 Å². The average molecular weight is 499 g/mol. The smallest absolute Gasteiger partial charge is 0.264 e. The van der Waals surface area contributed by atoms with Gasteiger partial charge in [-0.1, -0.05) is 30.3 Å². The Morgan fingerprint density at radius 2 is 1.60 bits per heavy atom. The fraction of sp³-hybridized carbons (Fsp3) is 0.269. The number of nitrogens with zero attached hydrogens (tertiary/aromatic N) is 1. The van der Waals surface area contributed by atoms with Gasteiger partial charge >= 0.3 is 0 Å². The molecular formula is C26H30N2O6S. The van der Waals surface area contributed by atoms with Crippen LogP contribution in [0.15, 0.2) is 77.7 Å². The van der Waals surface area contributed by atoms with Gasteiger partial charge in [0.25, 0.3) is 10.0 Å². The normalized spacial score (nSPS) is 10.9. The van der Waals surface area contributed by atoms with E-state index >= 15 is 0 Å². The van der Waals surface area contributed by atoms with Crippen LogP contribution in [0.2, 0.25) is 0 Å². The van der Waals surface area contributed by atoms with Crippen LogP contribution in [0.25, 0.3) is 0 Å². The van der Waals surface area contributed by atoms with Gasteiger partial charge < -0.3 is 19.5 Å². The molecule has 0 aliphatic carbocycles. The molecule has 35 heavy (non-hydrogen) atoms. The van der Waals surface area contributed by atoms with E-state index in [2.05, 4.69) is 5.32 Å². The molecule has 3 aromatic carbocycles. The number of carbonyl (C=O) groups excluding carboxylic acids is 1. The summed E-state index contributed by atoms with van der Waals surface area (Å²) in [5, 5.41) is 2.82. The molecule has 186 valence electrons. The van der Waals surface area contributed by atoms with Crippen LogP contribution in [0.1, 0.15) is 12.0 Å². The summed E-state index contributed by atoms with van der Waals surface area (Å²) in [6.07, 6.45) is 1.38. The fourth-order valence-corrected chi connectivity index (χ4v) is 4.98. The average Bonchev–Trinajstić information content (AvgIpc) is 2.90. The van der Waals surface area contributed by atoms with E-state index in [1.165, 1.54) is 19.2 Å². The van der Waals surface area contributed by atoms with E-state index < -0.39 is 15.9 Å². The number of methoxy groups -OCH3 is 3. The van der Waals surface area contributed by atoms with Crippen molar-refractivity contribution in [2.24, 2.45) is 0 Å². The third kappa shape index (κ3) is 6.66. The largest absolute Gasteiger partial charge is 0.497 e. The van der Waals surface area contributed by atoms with Crippen molar-refractivity contribution in [2.75, 3.05) is 38.7 Å². The van der Waals surface area contributed by atoms with Crippen molar-refractivity contribution in [1.82, 2.24) is 5.32 Å². The predicted octanol–water partition coefficient (Wildman–Crippen LogP) is 3.66. The van der Waals surface area contributed by atoms with Crippen molar-refractivity contribution in [3.63, 3.8) is 0 Å². The Balaban J connectivity index is 1.68. The molecule has 0 aromatic heterocycles. The van der Waals surface area contributed by atoms with E-state index in [9.17, 15) is 13.2 Å². The first-order valence-corrected chi connectivity index (χ1v) is 12.5. The fourth-order valence-electron chi connectivity index (χ4n) is 3.54. The molecule has 0 atom stereocenters. The number of nitrogens with one attached hydrogen (secondary N) is 1. The van der Waals surface area contributed by atoms with Gasteiger partial charge in [0, 0.05) is 12.6 Å². The maximum Gasteiger partial charge on any atom is 0.264 e. The van der Waals surface area contributed by atoms with Crippen LogP contribution in [0, 0.1) is 0 Å². The molecule has 0 aliphatic rings. The minimum absolute atomic E-state index is 0.101. The van der Waals surface area contributed by atoms with Gasteiger partial charge in [0.05, 0.1) is 31.9 Å². The third-order valence-corrected chi connectivity index (χ3v) is 7.16. The molecule has 0 saturated carbocycles. The quantitative estimate of drug-likeness (QED) is 0.383. The number of rotatable bonds is 12. The zero-order valence-electron chi connectivity index (χ0n) is 20.1. The van der Waals surface area contributed by atoms with E-state index in [0.717, 1.165) is 9.87 Å². The second kappa shape index (κ2) is 12.1. The summed E-state index contributed by atoms with van der Waals surface area (Å²) < 4.78 is 43.7. The van der Waals surface area contributed by atoms with Crippen molar-refractivity contribution < 1.29 is 27.4 Å². The SMILES string of the molecule is COc1cccc(N(CC(=O)NCCCc2ccc(OC)c(OC)c2)S(=O)(=O)c2ccccc2)c1. The number of hydrogen-bond acceptors (Lipinski definition) is 6. The molecule has 0 saturated heterocycles. The van der Waals surface area contributed by atoms with E-state index in [0.29, 0.717) is 42.3 Å². The summed E-state index contributed by atoms with van der Waals surface area (Å²) >= 11 is 0. The van der Waals surface area contributed by atoms with Gasteiger partial charge in [0.2, 0.25) is 5.91 Å². The zero-order valence-corrected chi connectivity index (χ0v) is 20.9. The number of amides is 1. The number of ether oxygens (including phenoxy) is 3. The highest BCUT2D eigenvalue weighted by atomic mass is 32.2.